The highest BCUT2D eigenvalue weighted by Gasteiger charge is 2.26. The zero-order valence-corrected chi connectivity index (χ0v) is 16.3. The molecule has 1 aromatic heterocycles. The number of hydrogen-bond donors (Lipinski definition) is 2. The molecule has 29 heavy (non-hydrogen) atoms. The number of carbonyl (C=O) groups excluding carboxylic acids is 2. The van der Waals surface area contributed by atoms with E-state index in [2.05, 4.69) is 10.3 Å². The maximum atomic E-state index is 12.7. The first kappa shape index (κ1) is 20.5. The van der Waals surface area contributed by atoms with Gasteiger partial charge in [-0.05, 0) is 43.7 Å². The molecule has 3 rings (SSSR count). The van der Waals surface area contributed by atoms with Crippen LogP contribution >= 0.6 is 0 Å². The predicted molar refractivity (Wildman–Crippen MR) is 105 cm³/mol. The van der Waals surface area contributed by atoms with Crippen LogP contribution in [0.25, 0.3) is 0 Å². The van der Waals surface area contributed by atoms with E-state index in [4.69, 9.17) is 9.84 Å². The minimum Gasteiger partial charge on any atom is -0.477 e. The fraction of sp³-hybridized carbons (Fsp3) is 0.333. The maximum absolute atomic E-state index is 12.7. The van der Waals surface area contributed by atoms with Gasteiger partial charge in [0, 0.05) is 37.0 Å². The maximum Gasteiger partial charge on any atom is 0.354 e. The van der Waals surface area contributed by atoms with E-state index in [1.165, 1.54) is 18.3 Å². The number of carbonyl (C=O) groups is 3. The summed E-state index contributed by atoms with van der Waals surface area (Å²) < 4.78 is 5.66. The van der Waals surface area contributed by atoms with Crippen molar-refractivity contribution in [1.29, 1.82) is 0 Å². The molecule has 0 aliphatic carbocycles. The standard InChI is InChI=1S/C21H23N3O5/c1-13-11-24(12-14(2)29-13)20(26)16-5-3-15(4-6-16)10-23-19(25)17-7-8-22-18(9-17)21(27)28/h3-9,13-14H,10-12H2,1-2H3,(H,23,25)(H,27,28). The van der Waals surface area contributed by atoms with Crippen molar-refractivity contribution in [1.82, 2.24) is 15.2 Å². The summed E-state index contributed by atoms with van der Waals surface area (Å²) in [5.74, 6) is -1.63. The summed E-state index contributed by atoms with van der Waals surface area (Å²) in [6, 6.07) is 9.73. The zero-order valence-electron chi connectivity index (χ0n) is 16.3. The van der Waals surface area contributed by atoms with Gasteiger partial charge in [-0.15, -0.1) is 0 Å². The summed E-state index contributed by atoms with van der Waals surface area (Å²) in [6.07, 6.45) is 1.30. The molecule has 2 unspecified atom stereocenters. The van der Waals surface area contributed by atoms with E-state index >= 15 is 0 Å². The Morgan fingerprint density at radius 1 is 1.10 bits per heavy atom. The molecule has 2 heterocycles. The molecule has 1 aliphatic heterocycles. The molecule has 8 nitrogen and oxygen atoms in total. The lowest BCUT2D eigenvalue weighted by atomic mass is 10.1. The quantitative estimate of drug-likeness (QED) is 0.798. The van der Waals surface area contributed by atoms with Gasteiger partial charge in [0.2, 0.25) is 0 Å². The third-order valence-electron chi connectivity index (χ3n) is 4.60. The molecule has 8 heteroatoms. The van der Waals surface area contributed by atoms with E-state index in [0.29, 0.717) is 18.7 Å². The second-order valence-corrected chi connectivity index (χ2v) is 7.08. The number of carboxylic acids is 1. The van der Waals surface area contributed by atoms with Gasteiger partial charge in [-0.25, -0.2) is 9.78 Å². The number of amides is 2. The fourth-order valence-electron chi connectivity index (χ4n) is 3.26. The van der Waals surface area contributed by atoms with Crippen molar-refractivity contribution < 1.29 is 24.2 Å². The van der Waals surface area contributed by atoms with Crippen molar-refractivity contribution in [2.45, 2.75) is 32.6 Å². The fourth-order valence-corrected chi connectivity index (χ4v) is 3.26. The number of morpholine rings is 1. The Morgan fingerprint density at radius 3 is 2.38 bits per heavy atom. The topological polar surface area (TPSA) is 109 Å². The van der Waals surface area contributed by atoms with E-state index < -0.39 is 11.9 Å². The highest BCUT2D eigenvalue weighted by Crippen LogP contribution is 2.15. The molecule has 1 fully saturated rings. The van der Waals surface area contributed by atoms with E-state index in [9.17, 15) is 14.4 Å². The minimum atomic E-state index is -1.19. The van der Waals surface area contributed by atoms with E-state index in [1.807, 2.05) is 13.8 Å². The monoisotopic (exact) mass is 397 g/mol. The number of aromatic nitrogens is 1. The van der Waals surface area contributed by atoms with Crippen molar-refractivity contribution in [2.75, 3.05) is 13.1 Å². The summed E-state index contributed by atoms with van der Waals surface area (Å²) >= 11 is 0. The molecule has 0 spiro atoms. The molecule has 2 N–H and O–H groups in total. The van der Waals surface area contributed by atoms with Crippen molar-refractivity contribution in [3.63, 3.8) is 0 Å². The largest absolute Gasteiger partial charge is 0.477 e. The predicted octanol–water partition coefficient (Wildman–Crippen LogP) is 1.96. The summed E-state index contributed by atoms with van der Waals surface area (Å²) in [5, 5.41) is 11.7. The van der Waals surface area contributed by atoms with Gasteiger partial charge in [-0.2, -0.15) is 0 Å². The molecule has 2 aromatic rings. The molecule has 1 saturated heterocycles. The zero-order chi connectivity index (χ0) is 21.0. The van der Waals surface area contributed by atoms with Crippen LogP contribution in [0, 0.1) is 0 Å². The lowest BCUT2D eigenvalue weighted by Gasteiger charge is -2.35. The van der Waals surface area contributed by atoms with Gasteiger partial charge >= 0.3 is 5.97 Å². The number of nitrogens with zero attached hydrogens (tertiary/aromatic N) is 2. The minimum absolute atomic E-state index is 0.00650. The van der Waals surface area contributed by atoms with Crippen LogP contribution in [0.2, 0.25) is 0 Å². The third kappa shape index (κ3) is 5.17. The number of nitrogens with one attached hydrogen (secondary N) is 1. The number of hydrogen-bond acceptors (Lipinski definition) is 5. The molecule has 152 valence electrons. The van der Waals surface area contributed by atoms with Crippen LogP contribution in [0.5, 0.6) is 0 Å². The third-order valence-corrected chi connectivity index (χ3v) is 4.60. The molecule has 2 atom stereocenters. The van der Waals surface area contributed by atoms with Crippen LogP contribution in [0.1, 0.15) is 50.6 Å². The van der Waals surface area contributed by atoms with Gasteiger partial charge in [0.05, 0.1) is 12.2 Å². The van der Waals surface area contributed by atoms with Gasteiger partial charge < -0.3 is 20.1 Å². The smallest absolute Gasteiger partial charge is 0.354 e. The summed E-state index contributed by atoms with van der Waals surface area (Å²) in [7, 11) is 0. The van der Waals surface area contributed by atoms with Crippen LogP contribution in [0.3, 0.4) is 0 Å². The molecule has 0 radical (unpaired) electrons. The molecular weight excluding hydrogens is 374 g/mol. The van der Waals surface area contributed by atoms with Gasteiger partial charge in [0.15, 0.2) is 0 Å². The summed E-state index contributed by atoms with van der Waals surface area (Å²) in [4.78, 5) is 41.4. The number of carboxylic acid groups (broad SMARTS) is 1. The Morgan fingerprint density at radius 2 is 1.76 bits per heavy atom. The second-order valence-electron chi connectivity index (χ2n) is 7.08. The Balaban J connectivity index is 1.59. The number of benzene rings is 1. The molecule has 1 aliphatic rings. The highest BCUT2D eigenvalue weighted by atomic mass is 16.5. The number of pyridine rings is 1. The second kappa shape index (κ2) is 8.83. The van der Waals surface area contributed by atoms with E-state index in [-0.39, 0.29) is 35.9 Å². The van der Waals surface area contributed by atoms with Gasteiger partial charge in [-0.1, -0.05) is 12.1 Å². The van der Waals surface area contributed by atoms with E-state index in [0.717, 1.165) is 5.56 Å². The van der Waals surface area contributed by atoms with Gasteiger partial charge in [0.25, 0.3) is 11.8 Å². The Bertz CT molecular complexity index is 903. The average Bonchev–Trinajstić information content (AvgIpc) is 2.71. The van der Waals surface area contributed by atoms with Gasteiger partial charge in [-0.3, -0.25) is 9.59 Å². The molecule has 0 bridgehead atoms. The first-order valence-corrected chi connectivity index (χ1v) is 9.34. The number of ether oxygens (including phenoxy) is 1. The molecular formula is C21H23N3O5. The van der Waals surface area contributed by atoms with Crippen molar-refractivity contribution in [3.8, 4) is 0 Å². The lowest BCUT2D eigenvalue weighted by Crippen LogP contribution is -2.48. The van der Waals surface area contributed by atoms with E-state index in [1.54, 1.807) is 29.2 Å². The molecule has 0 saturated carbocycles. The van der Waals surface area contributed by atoms with Crippen molar-refractivity contribution in [3.05, 3.63) is 65.0 Å². The van der Waals surface area contributed by atoms with Gasteiger partial charge in [0.1, 0.15) is 5.69 Å². The lowest BCUT2D eigenvalue weighted by molar-refractivity contribution is -0.0586. The normalized spacial score (nSPS) is 18.9. The Hall–Kier alpha value is -3.26. The molecule has 2 amide bonds. The average molecular weight is 397 g/mol. The number of aromatic carboxylic acids is 1. The Kier molecular flexibility index (Phi) is 6.23. The van der Waals surface area contributed by atoms with Crippen molar-refractivity contribution in [2.24, 2.45) is 0 Å². The summed E-state index contributed by atoms with van der Waals surface area (Å²) in [6.45, 7) is 5.27. The van der Waals surface area contributed by atoms with Crippen LogP contribution in [-0.2, 0) is 11.3 Å². The van der Waals surface area contributed by atoms with Crippen molar-refractivity contribution >= 4 is 17.8 Å². The van der Waals surface area contributed by atoms with Crippen LogP contribution < -0.4 is 5.32 Å². The molecule has 1 aromatic carbocycles. The van der Waals surface area contributed by atoms with Crippen LogP contribution in [0.15, 0.2) is 42.6 Å². The van der Waals surface area contributed by atoms with Crippen LogP contribution in [0.4, 0.5) is 0 Å². The summed E-state index contributed by atoms with van der Waals surface area (Å²) in [5.41, 5.74) is 1.44. The SMILES string of the molecule is CC1CN(C(=O)c2ccc(CNC(=O)c3ccnc(C(=O)O)c3)cc2)CC(C)O1. The first-order chi connectivity index (χ1) is 13.8. The number of rotatable bonds is 5. The first-order valence-electron chi connectivity index (χ1n) is 9.34. The Labute approximate surface area is 168 Å². The van der Waals surface area contributed by atoms with Crippen LogP contribution in [-0.4, -0.2) is 58.1 Å². The highest BCUT2D eigenvalue weighted by molar-refractivity contribution is 5.96.